The normalized spacial score (nSPS) is 27.2. The fourth-order valence-electron chi connectivity index (χ4n) is 12.5. The molecule has 1 N–H and O–H groups in total. The third-order valence-corrected chi connectivity index (χ3v) is 19.2. The fourth-order valence-corrected chi connectivity index (χ4v) is 13.7. The standard InChI is InChI=1S/C68H118N8O15S/c1-27-29-30-43(13)60(91-48(18)77)59-61(81)69-50(28-2)65(85)70(19)47(17)63(83)75(24)58(46(16)37-92(26,89)90)56(80)36-49(41(9)10)64(84)71(20)51(31-38(3)4)55(79)34-44(14)54(78)35-45(15)62(82)72(21)52(32-39(5)6)66(86)73(22)53(33-40(7)8)67(87)74(23)57(42(11)12)68(88)76(59)25/h27,29,38-47,49-53,57-60H,28,30-37H2,1-26H3,(H,69,81)/b29-27+/t43-,44-,45+,46-,47-,49+,50+,51+,52+,53+,57+,58+,59+,60-/m1/s1. The molecule has 0 aliphatic carbocycles. The summed E-state index contributed by atoms with van der Waals surface area (Å²) >= 11 is 0. The molecule has 0 radical (unpaired) electrons. The molecule has 23 nitrogen and oxygen atoms in total. The van der Waals surface area contributed by atoms with Crippen molar-refractivity contribution in [2.45, 2.75) is 230 Å². The Labute approximate surface area is 551 Å². The highest BCUT2D eigenvalue weighted by Gasteiger charge is 2.47. The number of esters is 1. The number of nitrogens with one attached hydrogen (secondary N) is 1. The molecule has 92 heavy (non-hydrogen) atoms. The molecule has 0 aromatic rings. The molecule has 1 heterocycles. The first kappa shape index (κ1) is 83.9. The Bertz CT molecular complexity index is 2730. The van der Waals surface area contributed by atoms with Crippen molar-refractivity contribution in [3.63, 3.8) is 0 Å². The first-order valence-corrected chi connectivity index (χ1v) is 35.0. The SMILES string of the molecule is C/C=C/C[C@@H](C)[C@@H](OC(C)=O)[C@H]1C(=O)N[C@@H](CC)C(=O)N(C)[C@H](C)C(=O)N(C)[C@@H]([C@H](C)CS(C)(=O)=O)C(=O)C[C@@H](C(C)C)C(=O)N(C)[C@@H](CC(C)C)C(=O)C[C@@H](C)C(=O)C[C@H](C)C(=O)N(C)[C@@H](CC(C)C)C(=O)N(C)[C@@H](CC(C)C)C(=O)N(C)[C@@H](C(C)C)C(=O)N1C. The minimum Gasteiger partial charge on any atom is -0.459 e. The lowest BCUT2D eigenvalue weighted by Gasteiger charge is -2.42. The van der Waals surface area contributed by atoms with Gasteiger partial charge in [0.25, 0.3) is 0 Å². The number of carbonyl (C=O) groups is 12. The monoisotopic (exact) mass is 1320 g/mol. The Morgan fingerprint density at radius 1 is 0.533 bits per heavy atom. The smallest absolute Gasteiger partial charge is 0.303 e. The van der Waals surface area contributed by atoms with Crippen molar-refractivity contribution < 1.29 is 70.7 Å². The second kappa shape index (κ2) is 37.1. The Morgan fingerprint density at radius 3 is 1.42 bits per heavy atom. The molecule has 8 amide bonds. The van der Waals surface area contributed by atoms with E-state index in [0.717, 1.165) is 27.9 Å². The third-order valence-electron chi connectivity index (χ3n) is 18.1. The maximum atomic E-state index is 15.5. The molecule has 0 aromatic carbocycles. The van der Waals surface area contributed by atoms with Crippen LogP contribution in [0.15, 0.2) is 12.2 Å². The van der Waals surface area contributed by atoms with Crippen LogP contribution in [0, 0.1) is 59.2 Å². The average Bonchev–Trinajstić information content (AvgIpc) is 0.819. The Balaban J connectivity index is 4.57. The lowest BCUT2D eigenvalue weighted by molar-refractivity contribution is -0.164. The van der Waals surface area contributed by atoms with Gasteiger partial charge < -0.3 is 44.4 Å². The first-order chi connectivity index (χ1) is 42.2. The van der Waals surface area contributed by atoms with E-state index in [9.17, 15) is 46.8 Å². The van der Waals surface area contributed by atoms with E-state index in [1.807, 2.05) is 41.5 Å². The van der Waals surface area contributed by atoms with E-state index in [1.54, 1.807) is 74.5 Å². The summed E-state index contributed by atoms with van der Waals surface area (Å²) in [6.45, 7) is 30.4. The maximum Gasteiger partial charge on any atom is 0.303 e. The molecule has 1 aliphatic rings. The summed E-state index contributed by atoms with van der Waals surface area (Å²) in [4.78, 5) is 185. The predicted octanol–water partition coefficient (Wildman–Crippen LogP) is 6.13. The molecule has 0 unspecified atom stereocenters. The number of allylic oxidation sites excluding steroid dienone is 2. The van der Waals surface area contributed by atoms with Crippen LogP contribution < -0.4 is 5.32 Å². The zero-order valence-corrected chi connectivity index (χ0v) is 61.5. The Hall–Kier alpha value is -6.07. The number of sulfone groups is 1. The first-order valence-electron chi connectivity index (χ1n) is 32.9. The van der Waals surface area contributed by atoms with Crippen LogP contribution in [0.25, 0.3) is 0 Å². The van der Waals surface area contributed by atoms with Crippen LogP contribution in [0.4, 0.5) is 0 Å². The van der Waals surface area contributed by atoms with Gasteiger partial charge in [0.15, 0.2) is 11.6 Å². The van der Waals surface area contributed by atoms with E-state index >= 15 is 19.2 Å². The lowest BCUT2D eigenvalue weighted by atomic mass is 9.83. The number of Topliss-reactive ketones (excluding diaryl/α,β-unsaturated/α-hetero) is 3. The van der Waals surface area contributed by atoms with Crippen LogP contribution in [0.1, 0.15) is 176 Å². The van der Waals surface area contributed by atoms with Crippen molar-refractivity contribution in [2.24, 2.45) is 59.2 Å². The molecule has 1 fully saturated rings. The van der Waals surface area contributed by atoms with Crippen molar-refractivity contribution in [1.29, 1.82) is 0 Å². The number of carbonyl (C=O) groups excluding carboxylic acids is 12. The minimum absolute atomic E-state index is 0.0644. The minimum atomic E-state index is -3.79. The molecule has 0 aromatic heterocycles. The van der Waals surface area contributed by atoms with Crippen LogP contribution in [0.3, 0.4) is 0 Å². The second-order valence-corrected chi connectivity index (χ2v) is 30.6. The van der Waals surface area contributed by atoms with Crippen LogP contribution in [0.5, 0.6) is 0 Å². The molecule has 0 saturated carbocycles. The third kappa shape index (κ3) is 23.4. The molecular weight excluding hydrogens is 1200 g/mol. The molecule has 526 valence electrons. The molecule has 0 spiro atoms. The van der Waals surface area contributed by atoms with Crippen molar-refractivity contribution >= 4 is 80.4 Å². The molecule has 0 bridgehead atoms. The second-order valence-electron chi connectivity index (χ2n) is 28.4. The highest BCUT2D eigenvalue weighted by molar-refractivity contribution is 7.90. The number of likely N-dealkylation sites (N-methyl/N-ethyl adjacent to an activating group) is 7. The van der Waals surface area contributed by atoms with Gasteiger partial charge >= 0.3 is 5.97 Å². The van der Waals surface area contributed by atoms with Gasteiger partial charge in [0.2, 0.25) is 47.3 Å². The van der Waals surface area contributed by atoms with Crippen LogP contribution in [-0.2, 0) is 72.1 Å². The summed E-state index contributed by atoms with van der Waals surface area (Å²) in [6.07, 6.45) is 2.81. The summed E-state index contributed by atoms with van der Waals surface area (Å²) in [5, 5.41) is 2.78. The fraction of sp³-hybridized carbons (Fsp3) is 0.794. The number of ether oxygens (including phenoxy) is 1. The lowest BCUT2D eigenvalue weighted by Crippen LogP contribution is -2.64. The van der Waals surface area contributed by atoms with Crippen molar-refractivity contribution in [1.82, 2.24) is 39.6 Å². The van der Waals surface area contributed by atoms with Gasteiger partial charge in [0.1, 0.15) is 58.0 Å². The van der Waals surface area contributed by atoms with E-state index in [4.69, 9.17) is 4.74 Å². The van der Waals surface area contributed by atoms with Gasteiger partial charge in [-0.2, -0.15) is 0 Å². The maximum absolute atomic E-state index is 15.5. The van der Waals surface area contributed by atoms with Crippen molar-refractivity contribution in [3.05, 3.63) is 12.2 Å². The van der Waals surface area contributed by atoms with Gasteiger partial charge in [-0.1, -0.05) is 116 Å². The van der Waals surface area contributed by atoms with E-state index < -0.39 is 188 Å². The van der Waals surface area contributed by atoms with Gasteiger partial charge in [-0.25, -0.2) is 8.42 Å². The molecule has 24 heteroatoms. The van der Waals surface area contributed by atoms with Gasteiger partial charge in [-0.3, -0.25) is 57.5 Å². The summed E-state index contributed by atoms with van der Waals surface area (Å²) in [7, 11) is 6.00. The molecule has 14 atom stereocenters. The number of ketones is 3. The van der Waals surface area contributed by atoms with Gasteiger partial charge in [-0.05, 0) is 87.4 Å². The average molecular weight is 1320 g/mol. The van der Waals surface area contributed by atoms with Crippen LogP contribution >= 0.6 is 0 Å². The van der Waals surface area contributed by atoms with E-state index in [2.05, 4.69) is 5.32 Å². The highest BCUT2D eigenvalue weighted by Crippen LogP contribution is 2.30. The van der Waals surface area contributed by atoms with E-state index in [-0.39, 0.29) is 62.7 Å². The number of hydrogen-bond donors (Lipinski definition) is 1. The van der Waals surface area contributed by atoms with Crippen LogP contribution in [-0.4, -0.2) is 229 Å². The van der Waals surface area contributed by atoms with Gasteiger partial charge in [-0.15, -0.1) is 0 Å². The highest BCUT2D eigenvalue weighted by atomic mass is 32.2. The molecular formula is C68H118N8O15S. The van der Waals surface area contributed by atoms with Crippen molar-refractivity contribution in [3.8, 4) is 0 Å². The summed E-state index contributed by atoms with van der Waals surface area (Å²) in [5.74, 6) is -14.7. The molecule has 1 aliphatic heterocycles. The Morgan fingerprint density at radius 2 is 0.978 bits per heavy atom. The number of amides is 8. The summed E-state index contributed by atoms with van der Waals surface area (Å²) < 4.78 is 31.8. The number of rotatable bonds is 17. The molecule has 1 saturated heterocycles. The van der Waals surface area contributed by atoms with Gasteiger partial charge in [0.05, 0.1) is 17.8 Å². The topological polar surface area (TPSA) is 283 Å². The summed E-state index contributed by atoms with van der Waals surface area (Å²) in [6, 6.07) is -10.5. The zero-order valence-electron chi connectivity index (χ0n) is 60.7. The predicted molar refractivity (Wildman–Crippen MR) is 356 cm³/mol. The van der Waals surface area contributed by atoms with Crippen molar-refractivity contribution in [2.75, 3.05) is 61.3 Å². The van der Waals surface area contributed by atoms with E-state index in [0.29, 0.717) is 0 Å². The number of hydrogen-bond acceptors (Lipinski definition) is 15. The zero-order chi connectivity index (χ0) is 71.6. The van der Waals surface area contributed by atoms with E-state index in [1.165, 1.54) is 82.8 Å². The Kier molecular flexibility index (Phi) is 33.9. The largest absolute Gasteiger partial charge is 0.459 e. The molecule has 1 rings (SSSR count). The van der Waals surface area contributed by atoms with Gasteiger partial charge in [0, 0.05) is 99.5 Å². The van der Waals surface area contributed by atoms with Crippen LogP contribution in [0.2, 0.25) is 0 Å². The number of nitrogens with zero attached hydrogens (tertiary/aromatic N) is 7. The summed E-state index contributed by atoms with van der Waals surface area (Å²) in [5.41, 5.74) is 0. The quantitative estimate of drug-likeness (QED) is 0.127.